The number of sulfonamides is 1. The topological polar surface area (TPSA) is 66.5 Å². The van der Waals surface area contributed by atoms with Crippen LogP contribution in [0.4, 0.5) is 5.69 Å². The van der Waals surface area contributed by atoms with Crippen molar-refractivity contribution in [2.75, 3.05) is 4.31 Å². The molecule has 1 aliphatic rings. The second-order valence-electron chi connectivity index (χ2n) is 9.17. The van der Waals surface area contributed by atoms with Gasteiger partial charge in [0.05, 0.1) is 22.7 Å². The Labute approximate surface area is 206 Å². The molecular formula is C29H28N2O3S. The average molecular weight is 485 g/mol. The van der Waals surface area contributed by atoms with Crippen molar-refractivity contribution in [1.29, 1.82) is 0 Å². The van der Waals surface area contributed by atoms with E-state index in [9.17, 15) is 13.2 Å². The minimum absolute atomic E-state index is 0.0747. The van der Waals surface area contributed by atoms with Gasteiger partial charge in [0.2, 0.25) is 5.91 Å². The fraction of sp³-hybridized carbons (Fsp3) is 0.207. The number of carbonyl (C=O) groups excluding carboxylic acids is 1. The van der Waals surface area contributed by atoms with E-state index in [1.165, 1.54) is 4.31 Å². The summed E-state index contributed by atoms with van der Waals surface area (Å²) in [5.74, 6) is -0.174. The van der Waals surface area contributed by atoms with Gasteiger partial charge in [-0.2, -0.15) is 0 Å². The molecule has 35 heavy (non-hydrogen) atoms. The summed E-state index contributed by atoms with van der Waals surface area (Å²) in [7, 11) is -3.88. The minimum Gasteiger partial charge on any atom is -0.350 e. The van der Waals surface area contributed by atoms with E-state index in [0.29, 0.717) is 12.1 Å². The molecule has 1 heterocycles. The molecule has 1 N–H and O–H groups in total. The zero-order valence-corrected chi connectivity index (χ0v) is 20.6. The predicted octanol–water partition coefficient (Wildman–Crippen LogP) is 5.54. The monoisotopic (exact) mass is 484 g/mol. The van der Waals surface area contributed by atoms with E-state index in [-0.39, 0.29) is 23.3 Å². The number of aryl methyl sites for hydroxylation is 1. The van der Waals surface area contributed by atoms with Gasteiger partial charge in [-0.3, -0.25) is 9.10 Å². The third kappa shape index (κ3) is 4.42. The first-order valence-electron chi connectivity index (χ1n) is 11.8. The Morgan fingerprint density at radius 2 is 1.63 bits per heavy atom. The van der Waals surface area contributed by atoms with Crippen LogP contribution in [0.1, 0.15) is 36.1 Å². The highest BCUT2D eigenvalue weighted by atomic mass is 32.2. The number of amides is 1. The highest BCUT2D eigenvalue weighted by Crippen LogP contribution is 2.42. The number of rotatable bonds is 6. The summed E-state index contributed by atoms with van der Waals surface area (Å²) in [5, 5.41) is 4.89. The first-order valence-corrected chi connectivity index (χ1v) is 13.2. The molecule has 0 saturated carbocycles. The zero-order valence-electron chi connectivity index (χ0n) is 19.8. The quantitative estimate of drug-likeness (QED) is 0.391. The number of anilines is 1. The maximum Gasteiger partial charge on any atom is 0.264 e. The number of fused-ring (bicyclic) bond motifs is 3. The molecule has 0 fully saturated rings. The lowest BCUT2D eigenvalue weighted by Crippen LogP contribution is -2.41. The predicted molar refractivity (Wildman–Crippen MR) is 140 cm³/mol. The highest BCUT2D eigenvalue weighted by Gasteiger charge is 2.40. The van der Waals surface area contributed by atoms with Crippen LogP contribution in [0.2, 0.25) is 0 Å². The molecule has 5 rings (SSSR count). The minimum atomic E-state index is -3.88. The van der Waals surface area contributed by atoms with Gasteiger partial charge in [0.15, 0.2) is 0 Å². The van der Waals surface area contributed by atoms with Crippen molar-refractivity contribution in [1.82, 2.24) is 5.32 Å². The summed E-state index contributed by atoms with van der Waals surface area (Å²) >= 11 is 0. The standard InChI is InChI=1S/C29H28N2O3S/c1-20-12-16-26(17-13-20)35(33,34)31-25(19-28(32)30-21(2)22-8-4-3-5-9-22)18-24-15-14-23-10-6-7-11-27(23)29(24)31/h3-17,21,25H,18-19H2,1-2H3,(H,30,32)/t21-,25-/m1/s1. The van der Waals surface area contributed by atoms with E-state index in [1.807, 2.05) is 80.6 Å². The van der Waals surface area contributed by atoms with Gasteiger partial charge in [-0.25, -0.2) is 8.42 Å². The second-order valence-corrected chi connectivity index (χ2v) is 11.0. The Balaban J connectivity index is 1.52. The van der Waals surface area contributed by atoms with Crippen LogP contribution in [0.15, 0.2) is 95.9 Å². The van der Waals surface area contributed by atoms with Crippen molar-refractivity contribution in [3.63, 3.8) is 0 Å². The molecule has 0 aliphatic carbocycles. The Hall–Kier alpha value is -3.64. The number of nitrogens with zero attached hydrogens (tertiary/aromatic N) is 1. The smallest absolute Gasteiger partial charge is 0.264 e. The molecule has 4 aromatic rings. The fourth-order valence-corrected chi connectivity index (χ4v) is 6.58. The van der Waals surface area contributed by atoms with Crippen molar-refractivity contribution < 1.29 is 13.2 Å². The lowest BCUT2D eigenvalue weighted by Gasteiger charge is -2.28. The molecule has 2 atom stereocenters. The first kappa shape index (κ1) is 23.1. The summed E-state index contributed by atoms with van der Waals surface area (Å²) in [6, 6.07) is 27.7. The molecule has 0 radical (unpaired) electrons. The van der Waals surface area contributed by atoms with Crippen molar-refractivity contribution in [2.45, 2.75) is 43.7 Å². The maximum atomic E-state index is 14.0. The lowest BCUT2D eigenvalue weighted by molar-refractivity contribution is -0.122. The van der Waals surface area contributed by atoms with Gasteiger partial charge >= 0.3 is 0 Å². The molecule has 6 heteroatoms. The Morgan fingerprint density at radius 3 is 2.37 bits per heavy atom. The SMILES string of the molecule is Cc1ccc(S(=O)(=O)N2c3c(ccc4ccccc34)C[C@@H]2CC(=O)N[C@H](C)c2ccccc2)cc1. The zero-order chi connectivity index (χ0) is 24.6. The Kier molecular flexibility index (Phi) is 6.07. The van der Waals surface area contributed by atoms with Gasteiger partial charge in [-0.15, -0.1) is 0 Å². The molecule has 0 unspecified atom stereocenters. The van der Waals surface area contributed by atoms with Crippen LogP contribution < -0.4 is 9.62 Å². The van der Waals surface area contributed by atoms with Gasteiger partial charge in [-0.05, 0) is 48.9 Å². The molecule has 5 nitrogen and oxygen atoms in total. The van der Waals surface area contributed by atoms with Gasteiger partial charge in [0.25, 0.3) is 10.0 Å². The van der Waals surface area contributed by atoms with Crippen LogP contribution in [-0.4, -0.2) is 20.4 Å². The third-order valence-electron chi connectivity index (χ3n) is 6.67. The molecule has 0 aromatic heterocycles. The summed E-state index contributed by atoms with van der Waals surface area (Å²) in [4.78, 5) is 13.3. The normalized spacial score (nSPS) is 16.2. The average Bonchev–Trinajstić information content (AvgIpc) is 3.24. The Morgan fingerprint density at radius 1 is 0.943 bits per heavy atom. The van der Waals surface area contributed by atoms with Crippen molar-refractivity contribution in [3.8, 4) is 0 Å². The Bertz CT molecular complexity index is 1480. The van der Waals surface area contributed by atoms with Gasteiger partial charge in [-0.1, -0.05) is 84.4 Å². The van der Waals surface area contributed by atoms with Gasteiger partial charge in [0, 0.05) is 11.8 Å². The molecule has 0 saturated heterocycles. The lowest BCUT2D eigenvalue weighted by atomic mass is 10.0. The second kappa shape index (κ2) is 9.19. The van der Waals surface area contributed by atoms with Crippen molar-refractivity contribution in [3.05, 3.63) is 108 Å². The van der Waals surface area contributed by atoms with Crippen LogP contribution in [0.5, 0.6) is 0 Å². The van der Waals surface area contributed by atoms with Crippen LogP contribution >= 0.6 is 0 Å². The molecule has 0 spiro atoms. The summed E-state index contributed by atoms with van der Waals surface area (Å²) in [6.07, 6.45) is 0.559. The summed E-state index contributed by atoms with van der Waals surface area (Å²) < 4.78 is 29.5. The number of benzene rings is 4. The van der Waals surface area contributed by atoms with Gasteiger partial charge in [0.1, 0.15) is 0 Å². The van der Waals surface area contributed by atoms with Gasteiger partial charge < -0.3 is 5.32 Å². The first-order chi connectivity index (χ1) is 16.8. The van der Waals surface area contributed by atoms with E-state index >= 15 is 0 Å². The molecule has 1 aliphatic heterocycles. The molecule has 1 amide bonds. The van der Waals surface area contributed by atoms with Crippen LogP contribution in [-0.2, 0) is 21.2 Å². The number of hydrogen-bond donors (Lipinski definition) is 1. The van der Waals surface area contributed by atoms with E-state index in [2.05, 4.69) is 5.32 Å². The molecule has 178 valence electrons. The molecule has 4 aromatic carbocycles. The maximum absolute atomic E-state index is 14.0. The van der Waals surface area contributed by atoms with Crippen LogP contribution in [0, 0.1) is 6.92 Å². The molecular weight excluding hydrogens is 456 g/mol. The van der Waals surface area contributed by atoms with E-state index in [1.54, 1.807) is 24.3 Å². The van der Waals surface area contributed by atoms with E-state index in [4.69, 9.17) is 0 Å². The van der Waals surface area contributed by atoms with Crippen molar-refractivity contribution >= 4 is 32.4 Å². The van der Waals surface area contributed by atoms with Crippen molar-refractivity contribution in [2.24, 2.45) is 0 Å². The van der Waals surface area contributed by atoms with E-state index in [0.717, 1.165) is 27.5 Å². The summed E-state index contributed by atoms with van der Waals surface area (Å²) in [5.41, 5.74) is 3.61. The van der Waals surface area contributed by atoms with Crippen LogP contribution in [0.25, 0.3) is 10.8 Å². The highest BCUT2D eigenvalue weighted by molar-refractivity contribution is 7.93. The fourth-order valence-electron chi connectivity index (χ4n) is 4.88. The number of carbonyl (C=O) groups is 1. The molecule has 0 bridgehead atoms. The van der Waals surface area contributed by atoms with Crippen LogP contribution in [0.3, 0.4) is 0 Å². The largest absolute Gasteiger partial charge is 0.350 e. The number of nitrogens with one attached hydrogen (secondary N) is 1. The van der Waals surface area contributed by atoms with E-state index < -0.39 is 16.1 Å². The number of hydrogen-bond acceptors (Lipinski definition) is 3. The third-order valence-corrected chi connectivity index (χ3v) is 8.53. The summed E-state index contributed by atoms with van der Waals surface area (Å²) in [6.45, 7) is 3.86.